The third kappa shape index (κ3) is 4.60. The number of hydrogen-bond donors (Lipinski definition) is 1. The summed E-state index contributed by atoms with van der Waals surface area (Å²) in [5.41, 5.74) is 4.56. The lowest BCUT2D eigenvalue weighted by Crippen LogP contribution is -2.54. The first kappa shape index (κ1) is 28.0. The van der Waals surface area contributed by atoms with Gasteiger partial charge in [-0.1, -0.05) is 62.2 Å². The Kier molecular flexibility index (Phi) is 7.09. The van der Waals surface area contributed by atoms with E-state index in [0.717, 1.165) is 56.0 Å². The van der Waals surface area contributed by atoms with E-state index in [1.807, 2.05) is 35.2 Å². The van der Waals surface area contributed by atoms with Crippen LogP contribution in [0.5, 0.6) is 0 Å². The molecule has 1 N–H and O–H groups in total. The Morgan fingerprint density at radius 2 is 1.90 bits per heavy atom. The summed E-state index contributed by atoms with van der Waals surface area (Å²) in [6, 6.07) is 10.1. The lowest BCUT2D eigenvalue weighted by atomic mass is 9.52. The zero-order chi connectivity index (χ0) is 28.5. The van der Waals surface area contributed by atoms with E-state index in [9.17, 15) is 9.90 Å². The van der Waals surface area contributed by atoms with Crippen LogP contribution in [-0.2, 0) is 16.1 Å². The molecule has 6 aliphatic rings. The van der Waals surface area contributed by atoms with Crippen LogP contribution in [0.1, 0.15) is 97.5 Å². The molecule has 2 heterocycles. The van der Waals surface area contributed by atoms with Gasteiger partial charge in [-0.25, -0.2) is 4.79 Å². The number of aliphatic hydroxyl groups excluding tert-OH is 1. The summed E-state index contributed by atoms with van der Waals surface area (Å²) in [4.78, 5) is 15.5. The van der Waals surface area contributed by atoms with Crippen molar-refractivity contribution < 1.29 is 19.4 Å². The van der Waals surface area contributed by atoms with Gasteiger partial charge in [0.25, 0.3) is 0 Å². The highest BCUT2D eigenvalue weighted by Gasteiger charge is 2.60. The quantitative estimate of drug-likeness (QED) is 0.380. The number of allylic oxidation sites excluding steroid dienone is 1. The van der Waals surface area contributed by atoms with E-state index in [0.29, 0.717) is 29.8 Å². The fourth-order valence-electron chi connectivity index (χ4n) is 11.0. The lowest BCUT2D eigenvalue weighted by Gasteiger charge is -2.53. The Morgan fingerprint density at radius 1 is 1.10 bits per heavy atom. The molecule has 1 spiro atoms. The predicted molar refractivity (Wildman–Crippen MR) is 160 cm³/mol. The summed E-state index contributed by atoms with van der Waals surface area (Å²) in [6.45, 7) is 10.7. The molecule has 1 aromatic rings. The van der Waals surface area contributed by atoms with Crippen LogP contribution in [-0.4, -0.2) is 46.5 Å². The van der Waals surface area contributed by atoms with Gasteiger partial charge in [0.05, 0.1) is 23.9 Å². The van der Waals surface area contributed by atoms with Gasteiger partial charge in [-0.05, 0) is 112 Å². The number of rotatable bonds is 2. The first-order chi connectivity index (χ1) is 19.7. The molecule has 2 aliphatic heterocycles. The Hall–Kier alpha value is -1.85. The minimum atomic E-state index is -0.190. The molecular formula is C36H51NO4. The molecule has 3 saturated carbocycles. The highest BCUT2D eigenvalue weighted by Crippen LogP contribution is 2.65. The fourth-order valence-corrected chi connectivity index (χ4v) is 11.0. The van der Waals surface area contributed by atoms with E-state index in [-0.39, 0.29) is 35.9 Å². The molecular weight excluding hydrogens is 510 g/mol. The molecule has 0 aromatic heterocycles. The second-order valence-corrected chi connectivity index (χ2v) is 15.3. The van der Waals surface area contributed by atoms with Crippen molar-refractivity contribution in [3.05, 3.63) is 47.0 Å². The maximum atomic E-state index is 13.5. The summed E-state index contributed by atoms with van der Waals surface area (Å²) in [7, 11) is 0. The molecule has 0 bridgehead atoms. The van der Waals surface area contributed by atoms with Crippen LogP contribution in [0.2, 0.25) is 0 Å². The van der Waals surface area contributed by atoms with Gasteiger partial charge in [0.15, 0.2) is 0 Å². The Bertz CT molecular complexity index is 1180. The summed E-state index contributed by atoms with van der Waals surface area (Å²) in [5, 5.41) is 10.4. The SMILES string of the molecule is CC1=C2C[C@H]3[C@@H](CC[C@@H]4C[C@@H](O)CCC43C)[C@@H]2CC[C@@]2(C1)O[C@@H]1C[C@H](C)CN(C(=O)OCc3ccccc3)[C@H]1[C@H]2C. The fraction of sp³-hybridized carbons (Fsp3) is 0.750. The van der Waals surface area contributed by atoms with E-state index in [1.54, 1.807) is 11.1 Å². The van der Waals surface area contributed by atoms with Crippen molar-refractivity contribution in [2.45, 2.75) is 122 Å². The van der Waals surface area contributed by atoms with Gasteiger partial charge in [-0.15, -0.1) is 0 Å². The molecule has 5 fully saturated rings. The topological polar surface area (TPSA) is 59.0 Å². The summed E-state index contributed by atoms with van der Waals surface area (Å²) in [5.74, 6) is 3.63. The smallest absolute Gasteiger partial charge is 0.410 e. The molecule has 224 valence electrons. The van der Waals surface area contributed by atoms with Crippen molar-refractivity contribution in [1.82, 2.24) is 4.90 Å². The number of benzene rings is 1. The minimum Gasteiger partial charge on any atom is -0.445 e. The number of fused-ring (bicyclic) bond motifs is 6. The van der Waals surface area contributed by atoms with Gasteiger partial charge in [0.2, 0.25) is 0 Å². The number of likely N-dealkylation sites (tertiary alicyclic amines) is 1. The highest BCUT2D eigenvalue weighted by atomic mass is 16.6. The standard InChI is InChI=1S/C36H51NO4/c1-22-16-32-33(37(20-22)34(39)40-21-25-8-6-5-7-9-25)24(3)36(41-32)15-13-28-29-11-10-26-17-27(38)12-14-35(26,4)31(29)18-30(28)23(2)19-36/h5-9,22,24,26-29,31-33,38H,10-21H2,1-4H3/t22-,24+,26+,27-,28-,29-,31-,32+,33-,35?,36-/m0/s1. The van der Waals surface area contributed by atoms with Gasteiger partial charge in [-0.2, -0.15) is 0 Å². The van der Waals surface area contributed by atoms with Crippen LogP contribution in [0.25, 0.3) is 0 Å². The van der Waals surface area contributed by atoms with E-state index in [4.69, 9.17) is 9.47 Å². The summed E-state index contributed by atoms with van der Waals surface area (Å²) >= 11 is 0. The normalized spacial score (nSPS) is 45.5. The lowest BCUT2D eigenvalue weighted by molar-refractivity contribution is -0.0832. The van der Waals surface area contributed by atoms with Crippen LogP contribution < -0.4 is 0 Å². The van der Waals surface area contributed by atoms with Gasteiger partial charge in [0.1, 0.15) is 6.61 Å². The maximum Gasteiger partial charge on any atom is 0.410 e. The van der Waals surface area contributed by atoms with E-state index < -0.39 is 0 Å². The Labute approximate surface area is 247 Å². The minimum absolute atomic E-state index is 0.0836. The first-order valence-corrected chi connectivity index (χ1v) is 16.7. The van der Waals surface area contributed by atoms with Crippen LogP contribution in [0.4, 0.5) is 4.79 Å². The molecule has 41 heavy (non-hydrogen) atoms. The summed E-state index contributed by atoms with van der Waals surface area (Å²) in [6.07, 6.45) is 11.2. The first-order valence-electron chi connectivity index (χ1n) is 16.7. The summed E-state index contributed by atoms with van der Waals surface area (Å²) < 4.78 is 13.1. The zero-order valence-electron chi connectivity index (χ0n) is 25.7. The van der Waals surface area contributed by atoms with Crippen LogP contribution >= 0.6 is 0 Å². The molecule has 7 rings (SSSR count). The molecule has 1 amide bonds. The van der Waals surface area contributed by atoms with Crippen molar-refractivity contribution in [3.63, 3.8) is 0 Å². The zero-order valence-corrected chi connectivity index (χ0v) is 25.7. The van der Waals surface area contributed by atoms with E-state index >= 15 is 0 Å². The van der Waals surface area contributed by atoms with Crippen molar-refractivity contribution in [3.8, 4) is 0 Å². The predicted octanol–water partition coefficient (Wildman–Crippen LogP) is 7.52. The van der Waals surface area contributed by atoms with E-state index in [1.165, 1.54) is 32.1 Å². The highest BCUT2D eigenvalue weighted by molar-refractivity contribution is 5.68. The van der Waals surface area contributed by atoms with Gasteiger partial charge in [-0.3, -0.25) is 0 Å². The molecule has 4 aliphatic carbocycles. The monoisotopic (exact) mass is 561 g/mol. The van der Waals surface area contributed by atoms with Crippen molar-refractivity contribution in [2.24, 2.45) is 40.9 Å². The van der Waals surface area contributed by atoms with Crippen molar-refractivity contribution in [1.29, 1.82) is 0 Å². The molecule has 1 unspecified atom stereocenters. The van der Waals surface area contributed by atoms with Crippen LogP contribution in [0.3, 0.4) is 0 Å². The molecule has 5 nitrogen and oxygen atoms in total. The van der Waals surface area contributed by atoms with Crippen molar-refractivity contribution >= 4 is 6.09 Å². The molecule has 5 heteroatoms. The maximum absolute atomic E-state index is 13.5. The number of piperidine rings is 1. The molecule has 11 atom stereocenters. The average molecular weight is 562 g/mol. The number of hydrogen-bond acceptors (Lipinski definition) is 4. The number of carbonyl (C=O) groups excluding carboxylic acids is 1. The Balaban J connectivity index is 1.11. The third-order valence-electron chi connectivity index (χ3n) is 13.2. The van der Waals surface area contributed by atoms with Gasteiger partial charge >= 0.3 is 6.09 Å². The molecule has 2 saturated heterocycles. The third-order valence-corrected chi connectivity index (χ3v) is 13.2. The number of amides is 1. The Morgan fingerprint density at radius 3 is 2.71 bits per heavy atom. The number of ether oxygens (including phenoxy) is 2. The van der Waals surface area contributed by atoms with Crippen LogP contribution in [0.15, 0.2) is 41.5 Å². The van der Waals surface area contributed by atoms with Gasteiger partial charge < -0.3 is 19.5 Å². The molecule has 1 aromatic carbocycles. The van der Waals surface area contributed by atoms with Crippen LogP contribution in [0, 0.1) is 40.9 Å². The second kappa shape index (κ2) is 10.4. The molecule has 0 radical (unpaired) electrons. The largest absolute Gasteiger partial charge is 0.445 e. The second-order valence-electron chi connectivity index (χ2n) is 15.3. The average Bonchev–Trinajstić information content (AvgIpc) is 3.42. The van der Waals surface area contributed by atoms with E-state index in [2.05, 4.69) is 27.7 Å². The number of aliphatic hydroxyl groups is 1. The van der Waals surface area contributed by atoms with Gasteiger partial charge in [0, 0.05) is 12.5 Å². The number of nitrogens with zero attached hydrogens (tertiary/aromatic N) is 1. The number of carbonyl (C=O) groups is 1. The van der Waals surface area contributed by atoms with Crippen molar-refractivity contribution in [2.75, 3.05) is 6.54 Å².